The van der Waals surface area contributed by atoms with E-state index < -0.39 is 29.8 Å². The van der Waals surface area contributed by atoms with Gasteiger partial charge in [-0.05, 0) is 54.8 Å². The largest absolute Gasteiger partial charge is 0.491 e. The average Bonchev–Trinajstić information content (AvgIpc) is 3.06. The number of rotatable bonds is 7. The number of benzene rings is 3. The minimum absolute atomic E-state index is 0.114. The van der Waals surface area contributed by atoms with Gasteiger partial charge in [0, 0.05) is 19.5 Å². The third kappa shape index (κ3) is 9.39. The van der Waals surface area contributed by atoms with Gasteiger partial charge < -0.3 is 26.0 Å². The highest BCUT2D eigenvalue weighted by Crippen LogP contribution is 2.19. The molecule has 2 heterocycles. The van der Waals surface area contributed by atoms with E-state index in [0.29, 0.717) is 5.75 Å². The molecule has 2 atom stereocenters. The van der Waals surface area contributed by atoms with Gasteiger partial charge >= 0.3 is 0 Å². The standard InChI is InChI=1S/C35H41N5O5/c41-32-22-30(35(44)37-23-26-13-15-27(16-14-26)24-40-18-7-2-8-19-40)39-33(42)28-11-5-6-12-31(28)45-20-17-36-34(43)29(38-32)21-25-9-3-1-4-10-25/h1,3-6,9-16,29-30H,2,7-8,17-24H2,(H,36,43)(H,37,44)(H,38,41)(H,39,42)/t29-,30-/m0/s1. The first-order chi connectivity index (χ1) is 21.9. The van der Waals surface area contributed by atoms with Crippen molar-refractivity contribution in [3.8, 4) is 5.75 Å². The molecule has 10 heteroatoms. The smallest absolute Gasteiger partial charge is 0.255 e. The summed E-state index contributed by atoms with van der Waals surface area (Å²) >= 11 is 0. The van der Waals surface area contributed by atoms with E-state index in [1.807, 2.05) is 42.5 Å². The molecular formula is C35H41N5O5. The van der Waals surface area contributed by atoms with Crippen LogP contribution < -0.4 is 26.0 Å². The predicted molar refractivity (Wildman–Crippen MR) is 170 cm³/mol. The summed E-state index contributed by atoms with van der Waals surface area (Å²) in [6, 6.07) is 22.1. The van der Waals surface area contributed by atoms with Crippen LogP contribution in [0.5, 0.6) is 5.75 Å². The van der Waals surface area contributed by atoms with Crippen molar-refractivity contribution >= 4 is 23.6 Å². The van der Waals surface area contributed by atoms with Gasteiger partial charge in [-0.25, -0.2) is 0 Å². The molecule has 2 aliphatic rings. The van der Waals surface area contributed by atoms with Crippen LogP contribution in [0, 0.1) is 0 Å². The highest BCUT2D eigenvalue weighted by Gasteiger charge is 2.29. The molecule has 0 saturated carbocycles. The van der Waals surface area contributed by atoms with E-state index in [4.69, 9.17) is 4.74 Å². The Hall–Kier alpha value is -4.70. The maximum atomic E-state index is 13.5. The lowest BCUT2D eigenvalue weighted by Gasteiger charge is -2.26. The van der Waals surface area contributed by atoms with Gasteiger partial charge in [0.2, 0.25) is 17.7 Å². The number of nitrogens with one attached hydrogen (secondary N) is 4. The third-order valence-corrected chi connectivity index (χ3v) is 8.08. The molecule has 0 spiro atoms. The lowest BCUT2D eigenvalue weighted by atomic mass is 10.0. The van der Waals surface area contributed by atoms with E-state index in [2.05, 4.69) is 38.3 Å². The van der Waals surface area contributed by atoms with E-state index in [1.54, 1.807) is 24.3 Å². The molecule has 4 amide bonds. The summed E-state index contributed by atoms with van der Waals surface area (Å²) in [5.41, 5.74) is 3.22. The molecule has 1 saturated heterocycles. The van der Waals surface area contributed by atoms with Crippen molar-refractivity contribution in [3.05, 3.63) is 101 Å². The van der Waals surface area contributed by atoms with Crippen LogP contribution in [0.4, 0.5) is 0 Å². The van der Waals surface area contributed by atoms with Crippen LogP contribution in [0.25, 0.3) is 0 Å². The maximum Gasteiger partial charge on any atom is 0.255 e. The highest BCUT2D eigenvalue weighted by molar-refractivity contribution is 6.01. The maximum absolute atomic E-state index is 13.5. The predicted octanol–water partition coefficient (Wildman–Crippen LogP) is 2.71. The molecule has 0 radical (unpaired) electrons. The van der Waals surface area contributed by atoms with Crippen molar-refractivity contribution in [2.45, 2.75) is 57.3 Å². The SMILES string of the molecule is O=C1C[C@@H](C(=O)NCc2ccc(CN3CCCCC3)cc2)NC(=O)c2ccccc2OCCNC(=O)[C@H](Cc2ccccc2)N1. The number of carbonyl (C=O) groups excluding carboxylic acids is 4. The number of likely N-dealkylation sites (tertiary alicyclic amines) is 1. The highest BCUT2D eigenvalue weighted by atomic mass is 16.5. The van der Waals surface area contributed by atoms with E-state index in [1.165, 1.54) is 24.8 Å². The van der Waals surface area contributed by atoms with Gasteiger partial charge in [-0.1, -0.05) is 73.2 Å². The van der Waals surface area contributed by atoms with Crippen LogP contribution in [0.15, 0.2) is 78.9 Å². The summed E-state index contributed by atoms with van der Waals surface area (Å²) in [7, 11) is 0. The van der Waals surface area contributed by atoms with Crippen molar-refractivity contribution < 1.29 is 23.9 Å². The molecule has 0 unspecified atom stereocenters. The van der Waals surface area contributed by atoms with E-state index in [9.17, 15) is 19.2 Å². The topological polar surface area (TPSA) is 129 Å². The second kappa shape index (κ2) is 15.9. The zero-order valence-corrected chi connectivity index (χ0v) is 25.4. The lowest BCUT2D eigenvalue weighted by Crippen LogP contribution is -2.53. The number of amides is 4. The van der Waals surface area contributed by atoms with Gasteiger partial charge in [-0.15, -0.1) is 0 Å². The number of ether oxygens (including phenoxy) is 1. The van der Waals surface area contributed by atoms with Crippen LogP contribution in [0.1, 0.15) is 52.7 Å². The molecule has 236 valence electrons. The van der Waals surface area contributed by atoms with Crippen molar-refractivity contribution in [3.63, 3.8) is 0 Å². The number of fused-ring (bicyclic) bond motifs is 1. The Balaban J connectivity index is 1.29. The Kier molecular flexibility index (Phi) is 11.2. The first kappa shape index (κ1) is 31.7. The molecule has 45 heavy (non-hydrogen) atoms. The normalized spacial score (nSPS) is 20.0. The molecule has 0 aromatic heterocycles. The molecule has 2 aliphatic heterocycles. The van der Waals surface area contributed by atoms with Crippen molar-refractivity contribution in [2.75, 3.05) is 26.2 Å². The number of carbonyl (C=O) groups is 4. The van der Waals surface area contributed by atoms with Crippen LogP contribution in [-0.2, 0) is 33.9 Å². The Morgan fingerprint density at radius 2 is 1.53 bits per heavy atom. The van der Waals surface area contributed by atoms with Crippen molar-refractivity contribution in [1.82, 2.24) is 26.2 Å². The molecule has 3 aromatic rings. The van der Waals surface area contributed by atoms with Crippen LogP contribution in [0.2, 0.25) is 0 Å². The summed E-state index contributed by atoms with van der Waals surface area (Å²) in [5, 5.41) is 11.2. The molecule has 1 fully saturated rings. The fraction of sp³-hybridized carbons (Fsp3) is 0.371. The Morgan fingerprint density at radius 1 is 0.822 bits per heavy atom. The monoisotopic (exact) mass is 611 g/mol. The van der Waals surface area contributed by atoms with Gasteiger partial charge in [0.1, 0.15) is 24.4 Å². The Bertz CT molecular complexity index is 1460. The van der Waals surface area contributed by atoms with Gasteiger partial charge in [-0.3, -0.25) is 24.1 Å². The molecule has 3 aromatic carbocycles. The van der Waals surface area contributed by atoms with Gasteiger partial charge in [0.05, 0.1) is 18.5 Å². The average molecular weight is 612 g/mol. The summed E-state index contributed by atoms with van der Waals surface area (Å²) < 4.78 is 5.82. The van der Waals surface area contributed by atoms with E-state index in [0.717, 1.165) is 30.8 Å². The summed E-state index contributed by atoms with van der Waals surface area (Å²) in [6.45, 7) is 3.67. The Morgan fingerprint density at radius 3 is 2.31 bits per heavy atom. The third-order valence-electron chi connectivity index (χ3n) is 8.08. The summed E-state index contributed by atoms with van der Waals surface area (Å²) in [5.74, 6) is -1.63. The van der Waals surface area contributed by atoms with Crippen LogP contribution in [-0.4, -0.2) is 66.9 Å². The summed E-state index contributed by atoms with van der Waals surface area (Å²) in [4.78, 5) is 55.7. The van der Waals surface area contributed by atoms with Crippen LogP contribution in [0.3, 0.4) is 0 Å². The number of hydrogen-bond acceptors (Lipinski definition) is 6. The quantitative estimate of drug-likeness (QED) is 0.325. The van der Waals surface area contributed by atoms with Gasteiger partial charge in [0.25, 0.3) is 5.91 Å². The second-order valence-corrected chi connectivity index (χ2v) is 11.5. The van der Waals surface area contributed by atoms with Crippen LogP contribution >= 0.6 is 0 Å². The second-order valence-electron chi connectivity index (χ2n) is 11.5. The molecule has 5 rings (SSSR count). The molecule has 4 N–H and O–H groups in total. The molecular weight excluding hydrogens is 570 g/mol. The minimum Gasteiger partial charge on any atom is -0.491 e. The number of piperidine rings is 1. The molecule has 0 aliphatic carbocycles. The van der Waals surface area contributed by atoms with Gasteiger partial charge in [0.15, 0.2) is 0 Å². The first-order valence-electron chi connectivity index (χ1n) is 15.7. The summed E-state index contributed by atoms with van der Waals surface area (Å²) in [6.07, 6.45) is 3.67. The first-order valence-corrected chi connectivity index (χ1v) is 15.7. The number of para-hydroxylation sites is 1. The van der Waals surface area contributed by atoms with E-state index in [-0.39, 0.29) is 44.0 Å². The minimum atomic E-state index is -1.19. The number of nitrogens with zero attached hydrogens (tertiary/aromatic N) is 1. The zero-order valence-electron chi connectivity index (χ0n) is 25.4. The number of hydrogen-bond donors (Lipinski definition) is 4. The fourth-order valence-corrected chi connectivity index (χ4v) is 5.63. The lowest BCUT2D eigenvalue weighted by molar-refractivity contribution is -0.131. The van der Waals surface area contributed by atoms with E-state index >= 15 is 0 Å². The molecule has 0 bridgehead atoms. The van der Waals surface area contributed by atoms with Crippen molar-refractivity contribution in [2.24, 2.45) is 0 Å². The van der Waals surface area contributed by atoms with Gasteiger partial charge in [-0.2, -0.15) is 0 Å². The molecule has 10 nitrogen and oxygen atoms in total. The zero-order chi connectivity index (χ0) is 31.4. The van der Waals surface area contributed by atoms with Crippen molar-refractivity contribution in [1.29, 1.82) is 0 Å². The Labute approximate surface area is 263 Å². The fourth-order valence-electron chi connectivity index (χ4n) is 5.63.